The van der Waals surface area contributed by atoms with Crippen molar-refractivity contribution >= 4 is 19.0 Å². The van der Waals surface area contributed by atoms with E-state index in [9.17, 15) is 4.79 Å². The monoisotopic (exact) mass is 532 g/mol. The highest BCUT2D eigenvalue weighted by atomic mass is 31.1. The van der Waals surface area contributed by atoms with Crippen molar-refractivity contribution in [3.63, 3.8) is 0 Å². The number of carbonyl (C=O) groups excluding carboxylic acids is 1. The standard InChI is InChI=1S/C35H33O3P/c1-22-10-5-11-23(2)33(22)27-14-7-15-28(34-24(3)12-6-13-25(34)4)35(27)39-31(29-16-8-18-37-29)20-26(36)21-32(39)30-17-9-19-38-30/h5-19,31-32H,20-21H2,1-4H3. The van der Waals surface area contributed by atoms with Crippen LogP contribution < -0.4 is 5.30 Å². The molecule has 0 bridgehead atoms. The molecule has 4 heteroatoms. The van der Waals surface area contributed by atoms with Gasteiger partial charge in [-0.15, -0.1) is 0 Å². The summed E-state index contributed by atoms with van der Waals surface area (Å²) < 4.78 is 12.1. The molecule has 0 amide bonds. The molecule has 2 unspecified atom stereocenters. The van der Waals surface area contributed by atoms with E-state index in [1.54, 1.807) is 12.5 Å². The van der Waals surface area contributed by atoms with Gasteiger partial charge in [0, 0.05) is 24.2 Å². The van der Waals surface area contributed by atoms with E-state index in [4.69, 9.17) is 8.83 Å². The van der Waals surface area contributed by atoms with E-state index >= 15 is 0 Å². The second kappa shape index (κ2) is 10.5. The number of Topliss-reactive ketones (excluding diaryl/α,β-unsaturated/α-hetero) is 1. The van der Waals surface area contributed by atoms with Crippen molar-refractivity contribution in [2.75, 3.05) is 0 Å². The molecule has 196 valence electrons. The van der Waals surface area contributed by atoms with Crippen molar-refractivity contribution in [1.82, 2.24) is 0 Å². The molecule has 0 N–H and O–H groups in total. The minimum absolute atomic E-state index is 0.0418. The smallest absolute Gasteiger partial charge is 0.135 e. The zero-order chi connectivity index (χ0) is 27.1. The maximum absolute atomic E-state index is 13.3. The van der Waals surface area contributed by atoms with E-state index in [1.807, 2.05) is 24.3 Å². The molecule has 0 spiro atoms. The second-order valence-corrected chi connectivity index (χ2v) is 13.2. The number of hydrogen-bond donors (Lipinski definition) is 0. The van der Waals surface area contributed by atoms with Gasteiger partial charge in [0.2, 0.25) is 0 Å². The molecule has 3 nitrogen and oxygen atoms in total. The molecule has 39 heavy (non-hydrogen) atoms. The average Bonchev–Trinajstić information content (AvgIpc) is 3.64. The Kier molecular flexibility index (Phi) is 6.87. The molecule has 6 rings (SSSR count). The SMILES string of the molecule is Cc1cccc(C)c1-c1cccc(-c2c(C)cccc2C)c1P1C(c2ccco2)CC(=O)CC1c1ccco1. The van der Waals surface area contributed by atoms with Crippen LogP contribution in [0.5, 0.6) is 0 Å². The lowest BCUT2D eigenvalue weighted by Gasteiger charge is -2.39. The summed E-state index contributed by atoms with van der Waals surface area (Å²) in [5.41, 5.74) is 9.97. The topological polar surface area (TPSA) is 43.4 Å². The first kappa shape index (κ1) is 25.6. The van der Waals surface area contributed by atoms with Gasteiger partial charge in [0.05, 0.1) is 12.5 Å². The molecule has 2 atom stereocenters. The quantitative estimate of drug-likeness (QED) is 0.212. The Hall–Kier alpha value is -3.68. The Morgan fingerprint density at radius 1 is 0.590 bits per heavy atom. The fraction of sp³-hybridized carbons (Fsp3) is 0.229. The predicted molar refractivity (Wildman–Crippen MR) is 160 cm³/mol. The predicted octanol–water partition coefficient (Wildman–Crippen LogP) is 9.39. The summed E-state index contributed by atoms with van der Waals surface area (Å²) in [5.74, 6) is 2.03. The fourth-order valence-corrected chi connectivity index (χ4v) is 10.0. The van der Waals surface area contributed by atoms with Gasteiger partial charge in [-0.1, -0.05) is 62.5 Å². The van der Waals surface area contributed by atoms with Crippen LogP contribution >= 0.6 is 7.92 Å². The molecule has 3 aromatic carbocycles. The van der Waals surface area contributed by atoms with E-state index in [0.29, 0.717) is 12.8 Å². The van der Waals surface area contributed by atoms with Crippen molar-refractivity contribution in [2.45, 2.75) is 51.9 Å². The molecule has 0 aliphatic carbocycles. The first-order valence-electron chi connectivity index (χ1n) is 13.6. The van der Waals surface area contributed by atoms with Crippen molar-refractivity contribution in [3.8, 4) is 22.3 Å². The normalized spacial score (nSPS) is 19.4. The number of carbonyl (C=O) groups is 1. The summed E-state index contributed by atoms with van der Waals surface area (Å²) in [6.07, 6.45) is 4.41. The highest BCUT2D eigenvalue weighted by molar-refractivity contribution is 7.67. The van der Waals surface area contributed by atoms with E-state index in [-0.39, 0.29) is 17.1 Å². The van der Waals surface area contributed by atoms with Gasteiger partial charge in [-0.25, -0.2) is 0 Å². The average molecular weight is 533 g/mol. The summed E-state index contributed by atoms with van der Waals surface area (Å²) in [4.78, 5) is 13.3. The molecular formula is C35H33O3P. The number of rotatable bonds is 5. The van der Waals surface area contributed by atoms with Crippen molar-refractivity contribution in [1.29, 1.82) is 0 Å². The first-order chi connectivity index (χ1) is 18.9. The summed E-state index contributed by atoms with van der Waals surface area (Å²) in [7, 11) is -0.968. The molecule has 0 saturated carbocycles. The Morgan fingerprint density at radius 2 is 1.00 bits per heavy atom. The molecule has 1 aliphatic rings. The number of ketones is 1. The highest BCUT2D eigenvalue weighted by Gasteiger charge is 2.44. The number of hydrogen-bond acceptors (Lipinski definition) is 3. The Balaban J connectivity index is 1.72. The van der Waals surface area contributed by atoms with E-state index in [1.165, 1.54) is 49.8 Å². The van der Waals surface area contributed by atoms with E-state index < -0.39 is 7.92 Å². The minimum atomic E-state index is -0.968. The maximum Gasteiger partial charge on any atom is 0.135 e. The van der Waals surface area contributed by atoms with Crippen LogP contribution in [0.1, 0.15) is 57.9 Å². The first-order valence-corrected chi connectivity index (χ1v) is 15.0. The van der Waals surface area contributed by atoms with Gasteiger partial charge in [0.1, 0.15) is 17.3 Å². The Morgan fingerprint density at radius 3 is 1.38 bits per heavy atom. The van der Waals surface area contributed by atoms with Crippen molar-refractivity contribution in [2.24, 2.45) is 0 Å². The zero-order valence-electron chi connectivity index (χ0n) is 22.9. The van der Waals surface area contributed by atoms with Crippen LogP contribution in [0.4, 0.5) is 0 Å². The molecule has 2 aromatic heterocycles. The second-order valence-electron chi connectivity index (χ2n) is 10.7. The maximum atomic E-state index is 13.3. The van der Waals surface area contributed by atoms with Gasteiger partial charge < -0.3 is 8.83 Å². The molecule has 5 aromatic rings. The molecule has 0 radical (unpaired) electrons. The lowest BCUT2D eigenvalue weighted by molar-refractivity contribution is -0.119. The summed E-state index contributed by atoms with van der Waals surface area (Å²) in [6.45, 7) is 8.79. The van der Waals surface area contributed by atoms with Gasteiger partial charge in [-0.3, -0.25) is 4.79 Å². The van der Waals surface area contributed by atoms with Gasteiger partial charge in [-0.05, 0) is 102 Å². The van der Waals surface area contributed by atoms with Crippen LogP contribution in [-0.4, -0.2) is 5.78 Å². The third-order valence-corrected chi connectivity index (χ3v) is 11.3. The largest absolute Gasteiger partial charge is 0.469 e. The molecule has 1 aliphatic heterocycles. The molecule has 1 saturated heterocycles. The van der Waals surface area contributed by atoms with Gasteiger partial charge in [-0.2, -0.15) is 0 Å². The van der Waals surface area contributed by atoms with Gasteiger partial charge >= 0.3 is 0 Å². The van der Waals surface area contributed by atoms with Crippen LogP contribution in [0, 0.1) is 27.7 Å². The highest BCUT2D eigenvalue weighted by Crippen LogP contribution is 2.68. The third kappa shape index (κ3) is 4.60. The van der Waals surface area contributed by atoms with Crippen molar-refractivity contribution in [3.05, 3.63) is 125 Å². The fourth-order valence-electron chi connectivity index (χ4n) is 6.38. The van der Waals surface area contributed by atoms with Gasteiger partial charge in [0.25, 0.3) is 0 Å². The summed E-state index contributed by atoms with van der Waals surface area (Å²) in [6, 6.07) is 27.8. The van der Waals surface area contributed by atoms with Crippen molar-refractivity contribution < 1.29 is 13.6 Å². The summed E-state index contributed by atoms with van der Waals surface area (Å²) >= 11 is 0. The molecule has 3 heterocycles. The van der Waals surface area contributed by atoms with Crippen LogP contribution in [0.3, 0.4) is 0 Å². The third-order valence-electron chi connectivity index (χ3n) is 8.05. The lowest BCUT2D eigenvalue weighted by Crippen LogP contribution is -2.25. The van der Waals surface area contributed by atoms with E-state index in [2.05, 4.69) is 82.3 Å². The number of furan rings is 2. The zero-order valence-corrected chi connectivity index (χ0v) is 23.8. The molecule has 1 fully saturated rings. The Bertz CT molecular complexity index is 1470. The van der Waals surface area contributed by atoms with Crippen LogP contribution in [0.2, 0.25) is 0 Å². The van der Waals surface area contributed by atoms with Crippen LogP contribution in [0.15, 0.2) is 100 Å². The van der Waals surface area contributed by atoms with E-state index in [0.717, 1.165) is 11.5 Å². The summed E-state index contributed by atoms with van der Waals surface area (Å²) in [5, 5.41) is 1.33. The number of aryl methyl sites for hydroxylation is 4. The van der Waals surface area contributed by atoms with Crippen LogP contribution in [-0.2, 0) is 4.79 Å². The number of benzene rings is 3. The molecular weight excluding hydrogens is 499 g/mol. The minimum Gasteiger partial charge on any atom is -0.469 e. The lowest BCUT2D eigenvalue weighted by atomic mass is 9.90. The van der Waals surface area contributed by atoms with Crippen LogP contribution in [0.25, 0.3) is 22.3 Å². The Labute approximate surface area is 231 Å². The van der Waals surface area contributed by atoms with Gasteiger partial charge in [0.15, 0.2) is 0 Å².